The van der Waals surface area contributed by atoms with Crippen LogP contribution >= 0.6 is 0 Å². The van der Waals surface area contributed by atoms with Gasteiger partial charge >= 0.3 is 0 Å². The van der Waals surface area contributed by atoms with Gasteiger partial charge < -0.3 is 5.73 Å². The summed E-state index contributed by atoms with van der Waals surface area (Å²) in [5, 5.41) is 0. The minimum absolute atomic E-state index is 0.164. The van der Waals surface area contributed by atoms with E-state index in [1.807, 2.05) is 0 Å². The van der Waals surface area contributed by atoms with Crippen molar-refractivity contribution in [3.63, 3.8) is 0 Å². The summed E-state index contributed by atoms with van der Waals surface area (Å²) in [6, 6.07) is 0.576. The van der Waals surface area contributed by atoms with Crippen molar-refractivity contribution >= 4 is 0 Å². The van der Waals surface area contributed by atoms with Crippen molar-refractivity contribution in [1.29, 1.82) is 0 Å². The topological polar surface area (TPSA) is 29.3 Å². The molecule has 0 aliphatic carbocycles. The van der Waals surface area contributed by atoms with Gasteiger partial charge in [0.1, 0.15) is 0 Å². The maximum atomic E-state index is 5.93. The molecule has 14 heavy (non-hydrogen) atoms. The lowest BCUT2D eigenvalue weighted by Gasteiger charge is -2.44. The molecule has 0 rings (SSSR count). The van der Waals surface area contributed by atoms with Gasteiger partial charge in [-0.25, -0.2) is 0 Å². The van der Waals surface area contributed by atoms with Crippen LogP contribution in [0.15, 0.2) is 0 Å². The third-order valence-corrected chi connectivity index (χ3v) is 2.95. The molecule has 1 unspecified atom stereocenters. The summed E-state index contributed by atoms with van der Waals surface area (Å²) in [4.78, 5) is 2.51. The summed E-state index contributed by atoms with van der Waals surface area (Å²) in [6.07, 6.45) is 1.18. The summed E-state index contributed by atoms with van der Waals surface area (Å²) in [6.45, 7) is 15.4. The van der Waals surface area contributed by atoms with E-state index in [-0.39, 0.29) is 5.54 Å². The molecular weight excluding hydrogens is 172 g/mol. The zero-order chi connectivity index (χ0) is 11.4. The van der Waals surface area contributed by atoms with E-state index in [1.165, 1.54) is 6.42 Å². The number of nitrogens with two attached hydrogens (primary N) is 1. The van der Waals surface area contributed by atoms with Crippen molar-refractivity contribution in [2.45, 2.75) is 59.5 Å². The van der Waals surface area contributed by atoms with E-state index in [0.717, 1.165) is 13.1 Å². The maximum Gasteiger partial charge on any atom is 0.0308 e. The smallest absolute Gasteiger partial charge is 0.0308 e. The first-order chi connectivity index (χ1) is 6.37. The van der Waals surface area contributed by atoms with E-state index in [2.05, 4.69) is 46.4 Å². The fourth-order valence-electron chi connectivity index (χ4n) is 2.57. The largest absolute Gasteiger partial charge is 0.329 e. The Kier molecular flexibility index (Phi) is 5.68. The van der Waals surface area contributed by atoms with Crippen LogP contribution in [0.1, 0.15) is 48.0 Å². The van der Waals surface area contributed by atoms with Gasteiger partial charge in [-0.05, 0) is 39.7 Å². The second kappa shape index (κ2) is 5.72. The van der Waals surface area contributed by atoms with Crippen molar-refractivity contribution in [3.8, 4) is 0 Å². The molecule has 0 heterocycles. The van der Waals surface area contributed by atoms with E-state index in [1.54, 1.807) is 0 Å². The minimum atomic E-state index is 0.164. The molecule has 0 aromatic carbocycles. The van der Waals surface area contributed by atoms with Crippen LogP contribution in [0, 0.1) is 5.92 Å². The lowest BCUT2D eigenvalue weighted by molar-refractivity contribution is 0.0641. The van der Waals surface area contributed by atoms with E-state index < -0.39 is 0 Å². The molecular formula is C12H28N2. The van der Waals surface area contributed by atoms with Gasteiger partial charge in [0.05, 0.1) is 0 Å². The lowest BCUT2D eigenvalue weighted by Crippen LogP contribution is -2.55. The van der Waals surface area contributed by atoms with Gasteiger partial charge in [0.2, 0.25) is 0 Å². The molecule has 0 bridgehead atoms. The summed E-state index contributed by atoms with van der Waals surface area (Å²) >= 11 is 0. The molecule has 0 saturated heterocycles. The molecule has 0 aliphatic heterocycles. The first-order valence-electron chi connectivity index (χ1n) is 5.84. The van der Waals surface area contributed by atoms with Crippen LogP contribution in [-0.2, 0) is 0 Å². The maximum absolute atomic E-state index is 5.93. The second-order valence-electron chi connectivity index (χ2n) is 5.18. The highest BCUT2D eigenvalue weighted by Crippen LogP contribution is 2.24. The average molecular weight is 200 g/mol. The molecule has 2 N–H and O–H groups in total. The fraction of sp³-hybridized carbons (Fsp3) is 1.00. The van der Waals surface area contributed by atoms with Crippen molar-refractivity contribution in [3.05, 3.63) is 0 Å². The van der Waals surface area contributed by atoms with Crippen LogP contribution in [0.2, 0.25) is 0 Å². The summed E-state index contributed by atoms with van der Waals surface area (Å²) < 4.78 is 0. The number of nitrogens with zero attached hydrogens (tertiary/aromatic N) is 1. The average Bonchev–Trinajstić information content (AvgIpc) is 2.03. The first kappa shape index (κ1) is 13.9. The first-order valence-corrected chi connectivity index (χ1v) is 5.84. The van der Waals surface area contributed by atoms with Gasteiger partial charge in [0.15, 0.2) is 0 Å². The number of hydrogen-bond donors (Lipinski definition) is 1. The molecule has 0 spiro atoms. The van der Waals surface area contributed by atoms with Gasteiger partial charge in [-0.2, -0.15) is 0 Å². The number of likely N-dealkylation sites (N-methyl/N-ethyl adjacent to an activating group) is 1. The summed E-state index contributed by atoms with van der Waals surface area (Å²) in [5.41, 5.74) is 6.09. The van der Waals surface area contributed by atoms with Gasteiger partial charge in [-0.15, -0.1) is 0 Å². The highest BCUT2D eigenvalue weighted by Gasteiger charge is 2.31. The SMILES string of the molecule is CCN(C(C)C)C(C)(CN)CC(C)C. The van der Waals surface area contributed by atoms with Gasteiger partial charge in [0, 0.05) is 18.1 Å². The summed E-state index contributed by atoms with van der Waals surface area (Å²) in [7, 11) is 0. The fourth-order valence-corrected chi connectivity index (χ4v) is 2.57. The molecule has 2 nitrogen and oxygen atoms in total. The predicted molar refractivity (Wildman–Crippen MR) is 64.4 cm³/mol. The Balaban J connectivity index is 4.61. The molecule has 86 valence electrons. The molecule has 2 heteroatoms. The zero-order valence-electron chi connectivity index (χ0n) is 10.8. The van der Waals surface area contributed by atoms with Crippen LogP contribution < -0.4 is 5.73 Å². The predicted octanol–water partition coefficient (Wildman–Crippen LogP) is 2.48. The molecule has 1 atom stereocenters. The molecule has 0 radical (unpaired) electrons. The Hall–Kier alpha value is -0.0800. The lowest BCUT2D eigenvalue weighted by atomic mass is 9.88. The van der Waals surface area contributed by atoms with E-state index in [0.29, 0.717) is 12.0 Å². The van der Waals surface area contributed by atoms with Crippen molar-refractivity contribution in [1.82, 2.24) is 4.90 Å². The normalized spacial score (nSPS) is 16.7. The van der Waals surface area contributed by atoms with Crippen LogP contribution in [0.5, 0.6) is 0 Å². The second-order valence-corrected chi connectivity index (χ2v) is 5.18. The van der Waals surface area contributed by atoms with Crippen LogP contribution in [-0.4, -0.2) is 29.6 Å². The third-order valence-electron chi connectivity index (χ3n) is 2.95. The highest BCUT2D eigenvalue weighted by molar-refractivity contribution is 4.89. The third kappa shape index (κ3) is 3.58. The standard InChI is InChI=1S/C12H28N2/c1-7-14(11(4)5)12(6,9-13)8-10(2)3/h10-11H,7-9,13H2,1-6H3. The van der Waals surface area contributed by atoms with Crippen LogP contribution in [0.3, 0.4) is 0 Å². The molecule has 0 fully saturated rings. The Morgan fingerprint density at radius 1 is 1.21 bits per heavy atom. The monoisotopic (exact) mass is 200 g/mol. The van der Waals surface area contributed by atoms with E-state index in [9.17, 15) is 0 Å². The Bertz CT molecular complexity index is 154. The summed E-state index contributed by atoms with van der Waals surface area (Å²) in [5.74, 6) is 0.705. The van der Waals surface area contributed by atoms with Crippen LogP contribution in [0.4, 0.5) is 0 Å². The number of rotatable bonds is 6. The Morgan fingerprint density at radius 2 is 1.71 bits per heavy atom. The van der Waals surface area contributed by atoms with Crippen molar-refractivity contribution < 1.29 is 0 Å². The van der Waals surface area contributed by atoms with Gasteiger partial charge in [-0.1, -0.05) is 20.8 Å². The molecule has 0 aromatic heterocycles. The van der Waals surface area contributed by atoms with Gasteiger partial charge in [0.25, 0.3) is 0 Å². The van der Waals surface area contributed by atoms with E-state index in [4.69, 9.17) is 5.73 Å². The highest BCUT2D eigenvalue weighted by atomic mass is 15.2. The van der Waals surface area contributed by atoms with E-state index >= 15 is 0 Å². The Morgan fingerprint density at radius 3 is 1.93 bits per heavy atom. The number of hydrogen-bond acceptors (Lipinski definition) is 2. The molecule has 0 aliphatic rings. The molecule has 0 aromatic rings. The Labute approximate surface area is 89.9 Å². The van der Waals surface area contributed by atoms with Crippen molar-refractivity contribution in [2.75, 3.05) is 13.1 Å². The van der Waals surface area contributed by atoms with Gasteiger partial charge in [-0.3, -0.25) is 4.90 Å². The quantitative estimate of drug-likeness (QED) is 0.714. The molecule has 0 amide bonds. The van der Waals surface area contributed by atoms with Crippen molar-refractivity contribution in [2.24, 2.45) is 11.7 Å². The van der Waals surface area contributed by atoms with Crippen LogP contribution in [0.25, 0.3) is 0 Å². The molecule has 0 saturated carbocycles. The minimum Gasteiger partial charge on any atom is -0.329 e. The zero-order valence-corrected chi connectivity index (χ0v) is 10.8.